The standard InChI is InChI=1S/C17H17NO4/c19-15-14-13(16(20)21)12-6-8-17(14,22-12)10-18(15)9-7-11-4-2-1-3-5-11/h1-6,8,12-14H,7,9-10H2,(H,20,21)/p-1/t12-,13-,14-,17-/m0/s1. The summed E-state index contributed by atoms with van der Waals surface area (Å²) in [7, 11) is 0. The van der Waals surface area contributed by atoms with Crippen molar-refractivity contribution in [2.45, 2.75) is 18.1 Å². The Labute approximate surface area is 128 Å². The Hall–Kier alpha value is -2.14. The summed E-state index contributed by atoms with van der Waals surface area (Å²) >= 11 is 0. The van der Waals surface area contributed by atoms with E-state index in [4.69, 9.17) is 4.74 Å². The molecule has 3 aliphatic heterocycles. The van der Waals surface area contributed by atoms with Gasteiger partial charge in [-0.3, -0.25) is 4.79 Å². The zero-order valence-corrected chi connectivity index (χ0v) is 12.0. The number of fused-ring (bicyclic) bond motifs is 1. The Morgan fingerprint density at radius 1 is 1.36 bits per heavy atom. The van der Waals surface area contributed by atoms with Gasteiger partial charge in [-0.1, -0.05) is 42.5 Å². The van der Waals surface area contributed by atoms with E-state index < -0.39 is 29.5 Å². The second-order valence-corrected chi connectivity index (χ2v) is 6.21. The van der Waals surface area contributed by atoms with E-state index in [1.165, 1.54) is 0 Å². The van der Waals surface area contributed by atoms with E-state index in [0.717, 1.165) is 12.0 Å². The van der Waals surface area contributed by atoms with Crippen molar-refractivity contribution < 1.29 is 19.4 Å². The summed E-state index contributed by atoms with van der Waals surface area (Å²) in [5.74, 6) is -2.82. The summed E-state index contributed by atoms with van der Waals surface area (Å²) in [6, 6.07) is 9.93. The van der Waals surface area contributed by atoms with Crippen molar-refractivity contribution in [2.24, 2.45) is 11.8 Å². The number of carboxylic acids is 1. The van der Waals surface area contributed by atoms with Crippen molar-refractivity contribution in [3.05, 3.63) is 48.0 Å². The molecule has 0 N–H and O–H groups in total. The third kappa shape index (κ3) is 1.82. The summed E-state index contributed by atoms with van der Waals surface area (Å²) in [4.78, 5) is 25.7. The van der Waals surface area contributed by atoms with Crippen molar-refractivity contribution in [3.63, 3.8) is 0 Å². The first-order chi connectivity index (χ1) is 10.6. The molecule has 1 aromatic rings. The lowest BCUT2D eigenvalue weighted by Gasteiger charge is -2.24. The first-order valence-electron chi connectivity index (χ1n) is 7.51. The molecule has 5 heteroatoms. The maximum Gasteiger partial charge on any atom is 0.229 e. The molecule has 2 fully saturated rings. The predicted molar refractivity (Wildman–Crippen MR) is 75.5 cm³/mol. The number of benzene rings is 1. The van der Waals surface area contributed by atoms with Gasteiger partial charge in [0.15, 0.2) is 0 Å². The summed E-state index contributed by atoms with van der Waals surface area (Å²) in [5, 5.41) is 11.4. The fraction of sp³-hybridized carbons (Fsp3) is 0.412. The third-order valence-corrected chi connectivity index (χ3v) is 4.96. The number of carbonyl (C=O) groups excluding carboxylic acids is 2. The van der Waals surface area contributed by atoms with Gasteiger partial charge in [-0.25, -0.2) is 0 Å². The molecule has 3 heterocycles. The second-order valence-electron chi connectivity index (χ2n) is 6.21. The number of aliphatic carboxylic acids is 1. The average molecular weight is 298 g/mol. The highest BCUT2D eigenvalue weighted by atomic mass is 16.5. The largest absolute Gasteiger partial charge is 0.550 e. The minimum Gasteiger partial charge on any atom is -0.550 e. The van der Waals surface area contributed by atoms with Crippen molar-refractivity contribution in [3.8, 4) is 0 Å². The van der Waals surface area contributed by atoms with E-state index in [0.29, 0.717) is 13.1 Å². The Morgan fingerprint density at radius 3 is 2.86 bits per heavy atom. The molecular weight excluding hydrogens is 282 g/mol. The van der Waals surface area contributed by atoms with Crippen LogP contribution in [0.3, 0.4) is 0 Å². The quantitative estimate of drug-likeness (QED) is 0.720. The van der Waals surface area contributed by atoms with Gasteiger partial charge in [-0.05, 0) is 12.0 Å². The zero-order valence-electron chi connectivity index (χ0n) is 12.0. The van der Waals surface area contributed by atoms with Crippen LogP contribution in [0.15, 0.2) is 42.5 Å². The molecule has 2 bridgehead atoms. The number of hydrogen-bond donors (Lipinski definition) is 0. The summed E-state index contributed by atoms with van der Waals surface area (Å²) in [6.07, 6.45) is 3.85. The van der Waals surface area contributed by atoms with Gasteiger partial charge in [-0.15, -0.1) is 0 Å². The minimum absolute atomic E-state index is 0.128. The van der Waals surface area contributed by atoms with Gasteiger partial charge in [0.1, 0.15) is 5.60 Å². The molecular formula is C17H16NO4-. The highest BCUT2D eigenvalue weighted by molar-refractivity contribution is 5.90. The van der Waals surface area contributed by atoms with E-state index in [1.807, 2.05) is 36.4 Å². The zero-order chi connectivity index (χ0) is 15.3. The molecule has 2 saturated heterocycles. The summed E-state index contributed by atoms with van der Waals surface area (Å²) < 4.78 is 5.82. The van der Waals surface area contributed by atoms with Crippen LogP contribution >= 0.6 is 0 Å². The smallest absolute Gasteiger partial charge is 0.229 e. The molecule has 0 aromatic heterocycles. The lowest BCUT2D eigenvalue weighted by atomic mass is 9.77. The number of hydrogen-bond acceptors (Lipinski definition) is 4. The molecule has 5 nitrogen and oxygen atoms in total. The molecule has 1 spiro atoms. The number of nitrogens with zero attached hydrogens (tertiary/aromatic N) is 1. The number of amides is 1. The molecule has 1 amide bonds. The topological polar surface area (TPSA) is 69.7 Å². The third-order valence-electron chi connectivity index (χ3n) is 4.96. The molecule has 114 valence electrons. The van der Waals surface area contributed by atoms with Crippen LogP contribution in [-0.4, -0.2) is 41.6 Å². The van der Waals surface area contributed by atoms with E-state index in [1.54, 1.807) is 11.0 Å². The van der Waals surface area contributed by atoms with Crippen molar-refractivity contribution in [1.29, 1.82) is 0 Å². The summed E-state index contributed by atoms with van der Waals surface area (Å²) in [5.41, 5.74) is 0.394. The van der Waals surface area contributed by atoms with Gasteiger partial charge in [-0.2, -0.15) is 0 Å². The fourth-order valence-corrected chi connectivity index (χ4v) is 3.95. The molecule has 0 aliphatic carbocycles. The first-order valence-corrected chi connectivity index (χ1v) is 7.51. The Bertz CT molecular complexity index is 656. The highest BCUT2D eigenvalue weighted by Crippen LogP contribution is 2.51. The number of likely N-dealkylation sites (tertiary alicyclic amines) is 1. The van der Waals surface area contributed by atoms with Gasteiger partial charge in [0.05, 0.1) is 18.6 Å². The normalized spacial score (nSPS) is 35.2. The van der Waals surface area contributed by atoms with Gasteiger partial charge in [0.25, 0.3) is 0 Å². The predicted octanol–water partition coefficient (Wildman–Crippen LogP) is -0.239. The van der Waals surface area contributed by atoms with Crippen LogP contribution in [0.2, 0.25) is 0 Å². The fourth-order valence-electron chi connectivity index (χ4n) is 3.95. The van der Waals surface area contributed by atoms with Crippen LogP contribution in [0.5, 0.6) is 0 Å². The molecule has 1 aromatic carbocycles. The van der Waals surface area contributed by atoms with Gasteiger partial charge >= 0.3 is 0 Å². The first kappa shape index (κ1) is 13.5. The van der Waals surface area contributed by atoms with Gasteiger partial charge in [0.2, 0.25) is 5.91 Å². The molecule has 0 unspecified atom stereocenters. The van der Waals surface area contributed by atoms with Crippen LogP contribution < -0.4 is 5.11 Å². The monoisotopic (exact) mass is 298 g/mol. The highest BCUT2D eigenvalue weighted by Gasteiger charge is 2.65. The van der Waals surface area contributed by atoms with E-state index in [9.17, 15) is 14.7 Å². The Kier molecular flexibility index (Phi) is 2.87. The SMILES string of the molecule is O=C([O-])[C@H]1[C@@H]2C=C[C@@]3(CN(CCc4ccccc4)C(=O)[C@H]13)O2. The van der Waals surface area contributed by atoms with Crippen molar-refractivity contribution in [1.82, 2.24) is 4.90 Å². The molecule has 0 saturated carbocycles. The van der Waals surface area contributed by atoms with Crippen LogP contribution in [0.4, 0.5) is 0 Å². The van der Waals surface area contributed by atoms with E-state index >= 15 is 0 Å². The second kappa shape index (κ2) is 4.68. The number of rotatable bonds is 4. The molecule has 3 aliphatic rings. The molecule has 22 heavy (non-hydrogen) atoms. The minimum atomic E-state index is -1.19. The van der Waals surface area contributed by atoms with Crippen LogP contribution in [0, 0.1) is 11.8 Å². The lowest BCUT2D eigenvalue weighted by Crippen LogP contribution is -2.45. The van der Waals surface area contributed by atoms with Crippen molar-refractivity contribution in [2.75, 3.05) is 13.1 Å². The molecule has 4 atom stereocenters. The molecule has 0 radical (unpaired) electrons. The maximum absolute atomic E-state index is 12.6. The van der Waals surface area contributed by atoms with Gasteiger partial charge < -0.3 is 19.5 Å². The number of carbonyl (C=O) groups is 2. The Balaban J connectivity index is 1.53. The van der Waals surface area contributed by atoms with Crippen LogP contribution in [0.25, 0.3) is 0 Å². The van der Waals surface area contributed by atoms with Gasteiger partial charge in [0, 0.05) is 18.4 Å². The van der Waals surface area contributed by atoms with Crippen LogP contribution in [-0.2, 0) is 20.7 Å². The average Bonchev–Trinajstić information content (AvgIpc) is 3.14. The lowest BCUT2D eigenvalue weighted by molar-refractivity contribution is -0.313. The number of ether oxygens (including phenoxy) is 1. The maximum atomic E-state index is 12.6. The van der Waals surface area contributed by atoms with E-state index in [2.05, 4.69) is 0 Å². The van der Waals surface area contributed by atoms with Crippen molar-refractivity contribution >= 4 is 11.9 Å². The Morgan fingerprint density at radius 2 is 2.14 bits per heavy atom. The van der Waals surface area contributed by atoms with E-state index in [-0.39, 0.29) is 5.91 Å². The summed E-state index contributed by atoms with van der Waals surface area (Å²) in [6.45, 7) is 1.00. The molecule has 4 rings (SSSR count). The number of carboxylic acid groups (broad SMARTS) is 1. The van der Waals surface area contributed by atoms with Crippen LogP contribution in [0.1, 0.15) is 5.56 Å².